The van der Waals surface area contributed by atoms with Crippen molar-refractivity contribution in [3.63, 3.8) is 0 Å². The SMILES string of the molecule is COCc1[nH][nH]c(=O)c1N=Nc1ccccc1. The first-order valence-electron chi connectivity index (χ1n) is 5.06. The third-order valence-electron chi connectivity index (χ3n) is 2.14. The van der Waals surface area contributed by atoms with Crippen molar-refractivity contribution in [3.05, 3.63) is 46.4 Å². The van der Waals surface area contributed by atoms with Crippen LogP contribution in [0.25, 0.3) is 0 Å². The van der Waals surface area contributed by atoms with Gasteiger partial charge in [-0.05, 0) is 12.1 Å². The Balaban J connectivity index is 2.26. The second-order valence-corrected chi connectivity index (χ2v) is 3.37. The van der Waals surface area contributed by atoms with E-state index in [4.69, 9.17) is 4.74 Å². The molecule has 1 aromatic carbocycles. The van der Waals surface area contributed by atoms with Gasteiger partial charge < -0.3 is 4.74 Å². The van der Waals surface area contributed by atoms with Crippen LogP contribution in [0.15, 0.2) is 45.4 Å². The van der Waals surface area contributed by atoms with Crippen molar-refractivity contribution in [3.8, 4) is 0 Å². The number of aromatic nitrogens is 2. The van der Waals surface area contributed by atoms with Gasteiger partial charge in [-0.1, -0.05) is 18.2 Å². The number of benzene rings is 1. The van der Waals surface area contributed by atoms with Gasteiger partial charge >= 0.3 is 0 Å². The van der Waals surface area contributed by atoms with Gasteiger partial charge in [-0.2, -0.15) is 5.11 Å². The van der Waals surface area contributed by atoms with E-state index < -0.39 is 0 Å². The molecule has 0 bridgehead atoms. The maximum absolute atomic E-state index is 11.4. The molecule has 0 aliphatic heterocycles. The number of azo groups is 1. The normalized spacial score (nSPS) is 11.1. The summed E-state index contributed by atoms with van der Waals surface area (Å²) in [5.74, 6) is 0. The summed E-state index contributed by atoms with van der Waals surface area (Å²) < 4.78 is 4.94. The standard InChI is InChI=1S/C11H12N4O2/c1-17-7-9-10(11(16)15-13-9)14-12-8-5-3-2-4-6-8/h2-6H,7H2,1H3,(H2,13,15,16). The minimum Gasteiger partial charge on any atom is -0.378 e. The molecule has 0 saturated heterocycles. The summed E-state index contributed by atoms with van der Waals surface area (Å²) in [6.45, 7) is 0.280. The van der Waals surface area contributed by atoms with E-state index >= 15 is 0 Å². The zero-order chi connectivity index (χ0) is 12.1. The Kier molecular flexibility index (Phi) is 3.46. The third-order valence-corrected chi connectivity index (χ3v) is 2.14. The van der Waals surface area contributed by atoms with E-state index in [2.05, 4.69) is 20.4 Å². The fourth-order valence-corrected chi connectivity index (χ4v) is 1.34. The van der Waals surface area contributed by atoms with E-state index in [0.717, 1.165) is 0 Å². The molecule has 1 heterocycles. The molecule has 0 amide bonds. The largest absolute Gasteiger partial charge is 0.378 e. The smallest absolute Gasteiger partial charge is 0.292 e. The first-order valence-corrected chi connectivity index (χ1v) is 5.06. The molecule has 6 heteroatoms. The van der Waals surface area contributed by atoms with Crippen LogP contribution >= 0.6 is 0 Å². The molecule has 88 valence electrons. The van der Waals surface area contributed by atoms with Crippen LogP contribution in [-0.2, 0) is 11.3 Å². The number of H-pyrrole nitrogens is 2. The lowest BCUT2D eigenvalue weighted by molar-refractivity contribution is 0.182. The van der Waals surface area contributed by atoms with Crippen molar-refractivity contribution >= 4 is 11.4 Å². The molecule has 0 unspecified atom stereocenters. The summed E-state index contributed by atoms with van der Waals surface area (Å²) in [6, 6.07) is 9.21. The minimum atomic E-state index is -0.309. The molecule has 2 N–H and O–H groups in total. The monoisotopic (exact) mass is 232 g/mol. The van der Waals surface area contributed by atoms with Gasteiger partial charge in [-0.3, -0.25) is 15.0 Å². The van der Waals surface area contributed by atoms with Gasteiger partial charge in [0.1, 0.15) is 0 Å². The quantitative estimate of drug-likeness (QED) is 0.792. The Labute approximate surface area is 97.3 Å². The number of hydrogen-bond donors (Lipinski definition) is 2. The summed E-state index contributed by atoms with van der Waals surface area (Å²) in [6.07, 6.45) is 0. The predicted octanol–water partition coefficient (Wildman–Crippen LogP) is 2.26. The number of hydrogen-bond acceptors (Lipinski definition) is 4. The average molecular weight is 232 g/mol. The molecule has 1 aromatic heterocycles. The van der Waals surface area contributed by atoms with Crippen LogP contribution in [0.5, 0.6) is 0 Å². The lowest BCUT2D eigenvalue weighted by atomic mass is 10.3. The molecule has 0 spiro atoms. The van der Waals surface area contributed by atoms with Crippen molar-refractivity contribution in [1.29, 1.82) is 0 Å². The zero-order valence-corrected chi connectivity index (χ0v) is 9.30. The number of nitrogens with zero attached hydrogens (tertiary/aromatic N) is 2. The van der Waals surface area contributed by atoms with Gasteiger partial charge in [0.05, 0.1) is 18.0 Å². The Morgan fingerprint density at radius 3 is 2.65 bits per heavy atom. The highest BCUT2D eigenvalue weighted by molar-refractivity contribution is 5.41. The van der Waals surface area contributed by atoms with E-state index in [9.17, 15) is 4.79 Å². The topological polar surface area (TPSA) is 82.6 Å². The number of rotatable bonds is 4. The van der Waals surface area contributed by atoms with Crippen molar-refractivity contribution in [1.82, 2.24) is 10.2 Å². The van der Waals surface area contributed by atoms with Crippen LogP contribution in [0.2, 0.25) is 0 Å². The average Bonchev–Trinajstić information content (AvgIpc) is 2.70. The van der Waals surface area contributed by atoms with Gasteiger partial charge in [0.15, 0.2) is 5.69 Å². The number of ether oxygens (including phenoxy) is 1. The van der Waals surface area contributed by atoms with Crippen molar-refractivity contribution in [2.75, 3.05) is 7.11 Å². The van der Waals surface area contributed by atoms with E-state index in [0.29, 0.717) is 11.4 Å². The minimum absolute atomic E-state index is 0.246. The van der Waals surface area contributed by atoms with Crippen molar-refractivity contribution < 1.29 is 4.74 Å². The molecule has 17 heavy (non-hydrogen) atoms. The maximum atomic E-state index is 11.4. The fourth-order valence-electron chi connectivity index (χ4n) is 1.34. The second kappa shape index (κ2) is 5.22. The van der Waals surface area contributed by atoms with E-state index in [1.807, 2.05) is 18.2 Å². The lowest BCUT2D eigenvalue weighted by Gasteiger charge is -1.94. The number of aromatic amines is 2. The van der Waals surface area contributed by atoms with Gasteiger partial charge in [-0.15, -0.1) is 5.11 Å². The Morgan fingerprint density at radius 1 is 1.18 bits per heavy atom. The summed E-state index contributed by atoms with van der Waals surface area (Å²) in [7, 11) is 1.55. The van der Waals surface area contributed by atoms with E-state index in [-0.39, 0.29) is 17.9 Å². The Hall–Kier alpha value is -2.21. The maximum Gasteiger partial charge on any atom is 0.292 e. The van der Waals surface area contributed by atoms with Crippen LogP contribution in [-0.4, -0.2) is 17.3 Å². The first kappa shape index (κ1) is 11.3. The van der Waals surface area contributed by atoms with Crippen LogP contribution in [0.1, 0.15) is 5.69 Å². The zero-order valence-electron chi connectivity index (χ0n) is 9.30. The van der Waals surface area contributed by atoms with Gasteiger partial charge in [-0.25, -0.2) is 0 Å². The highest BCUT2D eigenvalue weighted by Gasteiger charge is 2.08. The molecule has 2 aromatic rings. The highest BCUT2D eigenvalue weighted by Crippen LogP contribution is 2.17. The van der Waals surface area contributed by atoms with Gasteiger partial charge in [0.25, 0.3) is 5.56 Å². The van der Waals surface area contributed by atoms with Gasteiger partial charge in [0, 0.05) is 7.11 Å². The molecule has 0 saturated carbocycles. The molecule has 0 atom stereocenters. The van der Waals surface area contributed by atoms with Crippen LogP contribution < -0.4 is 5.56 Å². The molecule has 6 nitrogen and oxygen atoms in total. The van der Waals surface area contributed by atoms with Crippen LogP contribution in [0.3, 0.4) is 0 Å². The van der Waals surface area contributed by atoms with Crippen LogP contribution in [0, 0.1) is 0 Å². The summed E-state index contributed by atoms with van der Waals surface area (Å²) in [5.41, 5.74) is 1.21. The summed E-state index contributed by atoms with van der Waals surface area (Å²) in [4.78, 5) is 11.4. The third kappa shape index (κ3) is 2.67. The molecular formula is C11H12N4O2. The molecule has 0 aliphatic carbocycles. The highest BCUT2D eigenvalue weighted by atomic mass is 16.5. The fraction of sp³-hybridized carbons (Fsp3) is 0.182. The summed E-state index contributed by atoms with van der Waals surface area (Å²) in [5, 5.41) is 13.0. The summed E-state index contributed by atoms with van der Waals surface area (Å²) >= 11 is 0. The van der Waals surface area contributed by atoms with E-state index in [1.54, 1.807) is 19.2 Å². The molecule has 0 aliphatic rings. The van der Waals surface area contributed by atoms with Crippen LogP contribution in [0.4, 0.5) is 11.4 Å². The van der Waals surface area contributed by atoms with Gasteiger partial charge in [0.2, 0.25) is 0 Å². The van der Waals surface area contributed by atoms with Crippen molar-refractivity contribution in [2.24, 2.45) is 10.2 Å². The first-order chi connectivity index (χ1) is 8.31. The molecule has 0 radical (unpaired) electrons. The number of nitrogens with one attached hydrogen (secondary N) is 2. The predicted molar refractivity (Wildman–Crippen MR) is 62.7 cm³/mol. The Morgan fingerprint density at radius 2 is 1.94 bits per heavy atom. The number of methoxy groups -OCH3 is 1. The Bertz CT molecular complexity index is 556. The second-order valence-electron chi connectivity index (χ2n) is 3.37. The van der Waals surface area contributed by atoms with Crippen molar-refractivity contribution in [2.45, 2.75) is 6.61 Å². The molecular weight excluding hydrogens is 220 g/mol. The molecule has 2 rings (SSSR count). The van der Waals surface area contributed by atoms with E-state index in [1.165, 1.54) is 0 Å². The molecule has 0 fully saturated rings. The lowest BCUT2D eigenvalue weighted by Crippen LogP contribution is -1.97.